The molecule has 1 aliphatic heterocycles. The maximum absolute atomic E-state index is 13.6. The molecule has 0 radical (unpaired) electrons. The van der Waals surface area contributed by atoms with Gasteiger partial charge in [-0.05, 0) is 43.7 Å². The molecule has 0 saturated heterocycles. The number of hydrogen-bond donors (Lipinski definition) is 1. The smallest absolute Gasteiger partial charge is 0.240 e. The number of fused-ring (bicyclic) bond motifs is 1. The molecule has 1 atom stereocenters. The quantitative estimate of drug-likeness (QED) is 0.417. The Morgan fingerprint density at radius 2 is 1.89 bits per heavy atom. The average Bonchev–Trinajstić information content (AvgIpc) is 3.13. The highest BCUT2D eigenvalue weighted by Crippen LogP contribution is 2.49. The Kier molecular flexibility index (Phi) is 7.74. The summed E-state index contributed by atoms with van der Waals surface area (Å²) in [5.41, 5.74) is 2.97. The number of nitrogens with one attached hydrogen (secondary N) is 1. The fraction of sp³-hybridized carbons (Fsp3) is 0.370. The van der Waals surface area contributed by atoms with Gasteiger partial charge in [0, 0.05) is 27.1 Å². The summed E-state index contributed by atoms with van der Waals surface area (Å²) in [6.07, 6.45) is 0. The van der Waals surface area contributed by atoms with Crippen LogP contribution in [0.3, 0.4) is 0 Å². The van der Waals surface area contributed by atoms with Crippen molar-refractivity contribution in [3.05, 3.63) is 75.4 Å². The lowest BCUT2D eigenvalue weighted by atomic mass is 9.87. The van der Waals surface area contributed by atoms with Crippen LogP contribution < -0.4 is 10.2 Å². The van der Waals surface area contributed by atoms with Crippen LogP contribution >= 0.6 is 35.0 Å². The molecule has 4 rings (SSSR count). The molecule has 2 amide bonds. The van der Waals surface area contributed by atoms with Crippen molar-refractivity contribution < 1.29 is 9.59 Å². The number of amides is 2. The molecule has 1 aromatic heterocycles. The van der Waals surface area contributed by atoms with Gasteiger partial charge in [0.05, 0.1) is 22.4 Å². The van der Waals surface area contributed by atoms with Crippen molar-refractivity contribution >= 4 is 52.6 Å². The summed E-state index contributed by atoms with van der Waals surface area (Å²) in [5, 5.41) is 8.88. The second-order valence-corrected chi connectivity index (χ2v) is 12.1. The van der Waals surface area contributed by atoms with E-state index in [4.69, 9.17) is 28.3 Å². The monoisotopic (exact) mass is 544 g/mol. The third-order valence-corrected chi connectivity index (χ3v) is 7.61. The molecule has 1 aliphatic rings. The minimum absolute atomic E-state index is 0.0488. The Morgan fingerprint density at radius 3 is 2.53 bits per heavy atom. The molecule has 2 heterocycles. The second-order valence-electron chi connectivity index (χ2n) is 10.1. The molecule has 0 bridgehead atoms. The highest BCUT2D eigenvalue weighted by Gasteiger charge is 2.40. The molecule has 1 N–H and O–H groups in total. The SMILES string of the molecule is CC(C)NC(=O)CN1C(=O)CS[C@H](c2ccccc2Cl)c2c(C(C)(C)C)nn(-c3cccc(Cl)c3)c21. The topological polar surface area (TPSA) is 67.2 Å². The van der Waals surface area contributed by atoms with E-state index < -0.39 is 0 Å². The van der Waals surface area contributed by atoms with Gasteiger partial charge in [-0.1, -0.05) is 68.2 Å². The molecule has 6 nitrogen and oxygen atoms in total. The van der Waals surface area contributed by atoms with Gasteiger partial charge in [0.1, 0.15) is 12.4 Å². The molecule has 0 unspecified atom stereocenters. The lowest BCUT2D eigenvalue weighted by Gasteiger charge is -2.25. The number of carbonyl (C=O) groups is 2. The molecule has 9 heteroatoms. The molecule has 0 saturated carbocycles. The van der Waals surface area contributed by atoms with Gasteiger partial charge < -0.3 is 5.32 Å². The number of aromatic nitrogens is 2. The Balaban J connectivity index is 2.03. The van der Waals surface area contributed by atoms with Crippen LogP contribution in [0.25, 0.3) is 5.69 Å². The van der Waals surface area contributed by atoms with Crippen molar-refractivity contribution in [2.75, 3.05) is 17.2 Å². The minimum Gasteiger partial charge on any atom is -0.352 e. The molecular weight excluding hydrogens is 515 g/mol. The third kappa shape index (κ3) is 5.43. The number of thioether (sulfide) groups is 1. The van der Waals surface area contributed by atoms with E-state index in [0.717, 1.165) is 16.8 Å². The van der Waals surface area contributed by atoms with Gasteiger partial charge in [0.25, 0.3) is 0 Å². The summed E-state index contributed by atoms with van der Waals surface area (Å²) in [4.78, 5) is 28.1. The van der Waals surface area contributed by atoms with Crippen LogP contribution in [-0.2, 0) is 15.0 Å². The Hall–Kier alpha value is -2.48. The van der Waals surface area contributed by atoms with Crippen molar-refractivity contribution in [1.29, 1.82) is 0 Å². The van der Waals surface area contributed by atoms with E-state index in [0.29, 0.717) is 21.6 Å². The number of hydrogen-bond acceptors (Lipinski definition) is 4. The van der Waals surface area contributed by atoms with Gasteiger partial charge in [-0.2, -0.15) is 5.10 Å². The van der Waals surface area contributed by atoms with Crippen LogP contribution in [0, 0.1) is 0 Å². The first-order chi connectivity index (χ1) is 17.0. The normalized spacial score (nSPS) is 16.2. The zero-order valence-electron chi connectivity index (χ0n) is 21.0. The maximum atomic E-state index is 13.6. The molecule has 3 aromatic rings. The van der Waals surface area contributed by atoms with E-state index in [1.54, 1.807) is 21.7 Å². The van der Waals surface area contributed by atoms with Gasteiger partial charge in [0.15, 0.2) is 0 Å². The Labute approximate surface area is 226 Å². The molecule has 2 aromatic carbocycles. The standard InChI is InChI=1S/C27H30Cl2N4O2S/c1-16(2)30-21(34)14-32-22(35)15-36-24(19-11-6-7-12-20(19)29)23-25(27(3,4)5)31-33(26(23)32)18-10-8-9-17(28)13-18/h6-13,16,24H,14-15H2,1-5H3,(H,30,34)/t24-/m1/s1. The van der Waals surface area contributed by atoms with Gasteiger partial charge in [0.2, 0.25) is 11.8 Å². The minimum atomic E-state index is -0.354. The second kappa shape index (κ2) is 10.5. The zero-order chi connectivity index (χ0) is 26.2. The highest BCUT2D eigenvalue weighted by atomic mass is 35.5. The predicted octanol–water partition coefficient (Wildman–Crippen LogP) is 6.17. The lowest BCUT2D eigenvalue weighted by Crippen LogP contribution is -2.44. The highest BCUT2D eigenvalue weighted by molar-refractivity contribution is 8.00. The molecule has 190 valence electrons. The van der Waals surface area contributed by atoms with Crippen LogP contribution in [-0.4, -0.2) is 39.9 Å². The van der Waals surface area contributed by atoms with Crippen molar-refractivity contribution in [1.82, 2.24) is 15.1 Å². The van der Waals surface area contributed by atoms with Gasteiger partial charge in [-0.25, -0.2) is 4.68 Å². The van der Waals surface area contributed by atoms with Gasteiger partial charge >= 0.3 is 0 Å². The molecule has 0 fully saturated rings. The van der Waals surface area contributed by atoms with Crippen molar-refractivity contribution in [2.45, 2.75) is 51.3 Å². The van der Waals surface area contributed by atoms with Gasteiger partial charge in [-0.15, -0.1) is 11.8 Å². The summed E-state index contributed by atoms with van der Waals surface area (Å²) in [7, 11) is 0. The van der Waals surface area contributed by atoms with E-state index >= 15 is 0 Å². The number of benzene rings is 2. The molecule has 36 heavy (non-hydrogen) atoms. The average molecular weight is 546 g/mol. The molecule has 0 aliphatic carbocycles. The number of rotatable bonds is 5. The maximum Gasteiger partial charge on any atom is 0.240 e. The summed E-state index contributed by atoms with van der Waals surface area (Å²) in [6, 6.07) is 15.0. The van der Waals surface area contributed by atoms with E-state index in [-0.39, 0.29) is 40.8 Å². The van der Waals surface area contributed by atoms with E-state index in [2.05, 4.69) is 26.1 Å². The Morgan fingerprint density at radius 1 is 1.17 bits per heavy atom. The van der Waals surface area contributed by atoms with Crippen LogP contribution in [0.5, 0.6) is 0 Å². The zero-order valence-corrected chi connectivity index (χ0v) is 23.3. The summed E-state index contributed by atoms with van der Waals surface area (Å²) < 4.78 is 1.75. The third-order valence-electron chi connectivity index (χ3n) is 5.79. The first-order valence-electron chi connectivity index (χ1n) is 11.8. The van der Waals surface area contributed by atoms with Crippen molar-refractivity contribution in [3.63, 3.8) is 0 Å². The first-order valence-corrected chi connectivity index (χ1v) is 13.6. The molecule has 0 spiro atoms. The number of halogens is 2. The number of nitrogens with zero attached hydrogens (tertiary/aromatic N) is 3. The van der Waals surface area contributed by atoms with Crippen molar-refractivity contribution in [3.8, 4) is 5.69 Å². The van der Waals surface area contributed by atoms with Crippen LogP contribution in [0.15, 0.2) is 48.5 Å². The van der Waals surface area contributed by atoms with Crippen LogP contribution in [0.4, 0.5) is 5.82 Å². The predicted molar refractivity (Wildman–Crippen MR) is 149 cm³/mol. The lowest BCUT2D eigenvalue weighted by molar-refractivity contribution is -0.123. The van der Waals surface area contributed by atoms with E-state index in [1.165, 1.54) is 11.8 Å². The first kappa shape index (κ1) is 26.6. The fourth-order valence-electron chi connectivity index (χ4n) is 4.31. The summed E-state index contributed by atoms with van der Waals surface area (Å²) in [5.74, 6) is 0.361. The molecular formula is C27H30Cl2N4O2S. The van der Waals surface area contributed by atoms with Crippen molar-refractivity contribution in [2.24, 2.45) is 0 Å². The van der Waals surface area contributed by atoms with E-state index in [1.807, 2.05) is 50.2 Å². The Bertz CT molecular complexity index is 1300. The van der Waals surface area contributed by atoms with Crippen LogP contribution in [0.1, 0.15) is 56.7 Å². The number of carbonyl (C=O) groups excluding carboxylic acids is 2. The summed E-state index contributed by atoms with van der Waals surface area (Å²) in [6.45, 7) is 9.95. The summed E-state index contributed by atoms with van der Waals surface area (Å²) >= 11 is 14.5. The fourth-order valence-corrected chi connectivity index (χ4v) is 6.03. The van der Waals surface area contributed by atoms with Crippen LogP contribution in [0.2, 0.25) is 10.0 Å². The number of anilines is 1. The largest absolute Gasteiger partial charge is 0.352 e. The van der Waals surface area contributed by atoms with E-state index in [9.17, 15) is 9.59 Å². The van der Waals surface area contributed by atoms with Gasteiger partial charge in [-0.3, -0.25) is 14.5 Å².